The van der Waals surface area contributed by atoms with Crippen LogP contribution >= 0.6 is 11.3 Å². The molecule has 6 nitrogen and oxygen atoms in total. The summed E-state index contributed by atoms with van der Waals surface area (Å²) in [7, 11) is 0. The summed E-state index contributed by atoms with van der Waals surface area (Å²) in [4.78, 5) is 27.9. The molecular weight excluding hydrogens is 355 g/mol. The number of hydrogen-bond acceptors (Lipinski definition) is 5. The summed E-state index contributed by atoms with van der Waals surface area (Å²) >= 11 is 1.33. The molecule has 0 radical (unpaired) electrons. The Hall–Kier alpha value is -3.26. The van der Waals surface area contributed by atoms with Crippen molar-refractivity contribution in [1.29, 1.82) is 0 Å². The fourth-order valence-corrected chi connectivity index (χ4v) is 3.00. The standard InChI is InChI=1S/C18H15FN4O2S/c19-11-5-7-12(8-6-11)21-18-22-13(10-26-18)9-16(24)23-15-4-2-1-3-14(15)17(20)25/h1-8,10H,9H2,(H2,20,25)(H,21,22)(H,23,24). The number of anilines is 3. The number of carbonyl (C=O) groups excluding carboxylic acids is 2. The van der Waals surface area contributed by atoms with Crippen LogP contribution < -0.4 is 16.4 Å². The SMILES string of the molecule is NC(=O)c1ccccc1NC(=O)Cc1csc(Nc2ccc(F)cc2)n1. The van der Waals surface area contributed by atoms with Crippen molar-refractivity contribution in [3.05, 3.63) is 71.0 Å². The maximum atomic E-state index is 12.9. The van der Waals surface area contributed by atoms with Gasteiger partial charge in [0.15, 0.2) is 5.13 Å². The Morgan fingerprint density at radius 2 is 1.85 bits per heavy atom. The van der Waals surface area contributed by atoms with Crippen LogP contribution in [-0.4, -0.2) is 16.8 Å². The van der Waals surface area contributed by atoms with Gasteiger partial charge in [-0.05, 0) is 36.4 Å². The van der Waals surface area contributed by atoms with Crippen LogP contribution in [0.25, 0.3) is 0 Å². The highest BCUT2D eigenvalue weighted by molar-refractivity contribution is 7.13. The van der Waals surface area contributed by atoms with Crippen molar-refractivity contribution >= 4 is 39.7 Å². The van der Waals surface area contributed by atoms with Crippen molar-refractivity contribution in [2.45, 2.75) is 6.42 Å². The quantitative estimate of drug-likeness (QED) is 0.620. The minimum absolute atomic E-state index is 0.0503. The third-order valence-electron chi connectivity index (χ3n) is 3.46. The lowest BCUT2D eigenvalue weighted by Crippen LogP contribution is -2.19. The maximum Gasteiger partial charge on any atom is 0.250 e. The molecule has 2 amide bonds. The molecule has 0 aliphatic rings. The molecule has 0 aliphatic carbocycles. The molecule has 0 fully saturated rings. The van der Waals surface area contributed by atoms with Gasteiger partial charge in [-0.25, -0.2) is 9.37 Å². The monoisotopic (exact) mass is 370 g/mol. The number of nitrogens with one attached hydrogen (secondary N) is 2. The summed E-state index contributed by atoms with van der Waals surface area (Å²) in [6.45, 7) is 0. The Labute approximate surface area is 152 Å². The van der Waals surface area contributed by atoms with Crippen molar-refractivity contribution in [2.24, 2.45) is 5.73 Å². The predicted octanol–water partition coefficient (Wildman–Crippen LogP) is 3.31. The van der Waals surface area contributed by atoms with E-state index >= 15 is 0 Å². The third kappa shape index (κ3) is 4.42. The van der Waals surface area contributed by atoms with E-state index in [0.29, 0.717) is 22.2 Å². The Morgan fingerprint density at radius 3 is 2.58 bits per heavy atom. The summed E-state index contributed by atoms with van der Waals surface area (Å²) in [6.07, 6.45) is 0.0503. The van der Waals surface area contributed by atoms with Crippen molar-refractivity contribution < 1.29 is 14.0 Å². The normalized spacial score (nSPS) is 10.3. The van der Waals surface area contributed by atoms with Crippen molar-refractivity contribution in [1.82, 2.24) is 4.98 Å². The van der Waals surface area contributed by atoms with Crippen molar-refractivity contribution in [3.63, 3.8) is 0 Å². The zero-order valence-electron chi connectivity index (χ0n) is 13.5. The third-order valence-corrected chi connectivity index (χ3v) is 4.26. The molecular formula is C18H15FN4O2S. The van der Waals surface area contributed by atoms with Gasteiger partial charge in [0.25, 0.3) is 5.91 Å². The fourth-order valence-electron chi connectivity index (χ4n) is 2.27. The number of nitrogens with two attached hydrogens (primary N) is 1. The minimum atomic E-state index is -0.611. The molecule has 3 aromatic rings. The van der Waals surface area contributed by atoms with Crippen LogP contribution in [0.5, 0.6) is 0 Å². The van der Waals surface area contributed by atoms with Crippen molar-refractivity contribution in [3.8, 4) is 0 Å². The zero-order valence-corrected chi connectivity index (χ0v) is 14.3. The number of carbonyl (C=O) groups is 2. The number of halogens is 1. The summed E-state index contributed by atoms with van der Waals surface area (Å²) < 4.78 is 12.9. The lowest BCUT2D eigenvalue weighted by atomic mass is 10.1. The molecule has 0 atom stereocenters. The molecule has 132 valence electrons. The van der Waals surface area contributed by atoms with Gasteiger partial charge in [-0.1, -0.05) is 12.1 Å². The summed E-state index contributed by atoms with van der Waals surface area (Å²) in [5.74, 6) is -1.24. The van der Waals surface area contributed by atoms with E-state index in [9.17, 15) is 14.0 Å². The number of hydrogen-bond donors (Lipinski definition) is 3. The number of thiazole rings is 1. The van der Waals surface area contributed by atoms with E-state index in [0.717, 1.165) is 0 Å². The number of amides is 2. The Kier molecular flexibility index (Phi) is 5.23. The number of rotatable bonds is 6. The van der Waals surface area contributed by atoms with E-state index in [4.69, 9.17) is 5.73 Å². The van der Waals surface area contributed by atoms with Crippen LogP contribution in [0.15, 0.2) is 53.9 Å². The van der Waals surface area contributed by atoms with Gasteiger partial charge in [0.05, 0.1) is 23.4 Å². The van der Waals surface area contributed by atoms with E-state index < -0.39 is 5.91 Å². The van der Waals surface area contributed by atoms with E-state index in [1.165, 1.54) is 23.5 Å². The Bertz CT molecular complexity index is 940. The van der Waals surface area contributed by atoms with Gasteiger partial charge in [-0.2, -0.15) is 0 Å². The number of nitrogens with zero attached hydrogens (tertiary/aromatic N) is 1. The number of primary amides is 1. The molecule has 1 heterocycles. The average molecular weight is 370 g/mol. The molecule has 0 saturated carbocycles. The van der Waals surface area contributed by atoms with Crippen molar-refractivity contribution in [2.75, 3.05) is 10.6 Å². The summed E-state index contributed by atoms with van der Waals surface area (Å²) in [6, 6.07) is 12.4. The topological polar surface area (TPSA) is 97.1 Å². The first-order valence-corrected chi connectivity index (χ1v) is 8.55. The van der Waals surface area contributed by atoms with Crippen LogP contribution in [0.3, 0.4) is 0 Å². The van der Waals surface area contributed by atoms with Gasteiger partial charge in [-0.3, -0.25) is 9.59 Å². The molecule has 0 unspecified atom stereocenters. The van der Waals surface area contributed by atoms with Gasteiger partial charge >= 0.3 is 0 Å². The molecule has 2 aromatic carbocycles. The Morgan fingerprint density at radius 1 is 1.12 bits per heavy atom. The number of benzene rings is 2. The van der Waals surface area contributed by atoms with E-state index in [1.54, 1.807) is 41.8 Å². The van der Waals surface area contributed by atoms with Gasteiger partial charge in [0, 0.05) is 11.1 Å². The van der Waals surface area contributed by atoms with Gasteiger partial charge in [-0.15, -0.1) is 11.3 Å². The minimum Gasteiger partial charge on any atom is -0.366 e. The highest BCUT2D eigenvalue weighted by atomic mass is 32.1. The van der Waals surface area contributed by atoms with Gasteiger partial charge in [0.1, 0.15) is 5.82 Å². The molecule has 8 heteroatoms. The molecule has 0 aliphatic heterocycles. The molecule has 0 saturated heterocycles. The maximum absolute atomic E-state index is 12.9. The summed E-state index contributed by atoms with van der Waals surface area (Å²) in [5.41, 5.74) is 7.19. The Balaban J connectivity index is 1.63. The fraction of sp³-hybridized carbons (Fsp3) is 0.0556. The largest absolute Gasteiger partial charge is 0.366 e. The number of aromatic nitrogens is 1. The highest BCUT2D eigenvalue weighted by Gasteiger charge is 2.12. The molecule has 0 bridgehead atoms. The van der Waals surface area contributed by atoms with Crippen LogP contribution in [0.1, 0.15) is 16.1 Å². The van der Waals surface area contributed by atoms with Crippen LogP contribution in [-0.2, 0) is 11.2 Å². The second-order valence-electron chi connectivity index (χ2n) is 5.41. The van der Waals surface area contributed by atoms with E-state index in [1.807, 2.05) is 0 Å². The first-order valence-electron chi connectivity index (χ1n) is 7.67. The first-order chi connectivity index (χ1) is 12.5. The second kappa shape index (κ2) is 7.75. The van der Waals surface area contributed by atoms with E-state index in [-0.39, 0.29) is 23.7 Å². The first kappa shape index (κ1) is 17.6. The number of para-hydroxylation sites is 1. The van der Waals surface area contributed by atoms with Gasteiger partial charge < -0.3 is 16.4 Å². The highest BCUT2D eigenvalue weighted by Crippen LogP contribution is 2.22. The molecule has 0 spiro atoms. The van der Waals surface area contributed by atoms with Crippen LogP contribution in [0.2, 0.25) is 0 Å². The zero-order chi connectivity index (χ0) is 18.5. The van der Waals surface area contributed by atoms with E-state index in [2.05, 4.69) is 15.6 Å². The predicted molar refractivity (Wildman–Crippen MR) is 99.1 cm³/mol. The van der Waals surface area contributed by atoms with Crippen LogP contribution in [0.4, 0.5) is 20.9 Å². The molecule has 4 N–H and O–H groups in total. The molecule has 1 aromatic heterocycles. The second-order valence-corrected chi connectivity index (χ2v) is 6.27. The lowest BCUT2D eigenvalue weighted by Gasteiger charge is -2.07. The average Bonchev–Trinajstić information content (AvgIpc) is 3.04. The molecule has 3 rings (SSSR count). The molecule has 26 heavy (non-hydrogen) atoms. The lowest BCUT2D eigenvalue weighted by molar-refractivity contribution is -0.115. The van der Waals surface area contributed by atoms with Gasteiger partial charge in [0.2, 0.25) is 5.91 Å². The summed E-state index contributed by atoms with van der Waals surface area (Å²) in [5, 5.41) is 8.06. The van der Waals surface area contributed by atoms with Crippen LogP contribution in [0, 0.1) is 5.82 Å². The smallest absolute Gasteiger partial charge is 0.250 e.